The first kappa shape index (κ1) is 21.1. The zero-order valence-electron chi connectivity index (χ0n) is 16.1. The first-order valence-corrected chi connectivity index (χ1v) is 10.4. The van der Waals surface area contributed by atoms with Crippen molar-refractivity contribution in [3.63, 3.8) is 0 Å². The van der Waals surface area contributed by atoms with E-state index in [1.807, 2.05) is 27.7 Å². The minimum atomic E-state index is -4.36. The van der Waals surface area contributed by atoms with Crippen LogP contribution >= 0.6 is 7.82 Å². The Hall–Kier alpha value is -2.17. The van der Waals surface area contributed by atoms with Gasteiger partial charge in [0, 0.05) is 12.1 Å². The lowest BCUT2D eigenvalue weighted by atomic mass is 10.2. The average molecular weight is 394 g/mol. The van der Waals surface area contributed by atoms with Gasteiger partial charge in [0.05, 0.1) is 13.2 Å². The fourth-order valence-corrected chi connectivity index (χ4v) is 2.85. The molecule has 0 atom stereocenters. The Morgan fingerprint density at radius 3 is 1.52 bits per heavy atom. The van der Waals surface area contributed by atoms with E-state index in [4.69, 9.17) is 18.5 Å². The lowest BCUT2D eigenvalue weighted by molar-refractivity contribution is 0.266. The van der Waals surface area contributed by atoms with Crippen molar-refractivity contribution in [3.8, 4) is 23.0 Å². The quantitative estimate of drug-likeness (QED) is 0.550. The average Bonchev–Trinajstić information content (AvgIpc) is 2.58. The molecule has 0 aliphatic carbocycles. The number of phosphoric ester groups is 1. The Labute approximate surface area is 160 Å². The monoisotopic (exact) mass is 394 g/mol. The van der Waals surface area contributed by atoms with Gasteiger partial charge in [-0.2, -0.15) is 0 Å². The van der Waals surface area contributed by atoms with E-state index in [1.165, 1.54) is 0 Å². The van der Waals surface area contributed by atoms with Gasteiger partial charge in [-0.05, 0) is 36.1 Å². The summed E-state index contributed by atoms with van der Waals surface area (Å²) >= 11 is 0. The summed E-state index contributed by atoms with van der Waals surface area (Å²) in [7, 11) is -4.36. The van der Waals surface area contributed by atoms with Crippen molar-refractivity contribution in [3.05, 3.63) is 48.5 Å². The van der Waals surface area contributed by atoms with Gasteiger partial charge in [0.25, 0.3) is 0 Å². The van der Waals surface area contributed by atoms with Crippen LogP contribution in [0.5, 0.6) is 23.0 Å². The smallest absolute Gasteiger partial charge is 0.493 e. The van der Waals surface area contributed by atoms with Crippen molar-refractivity contribution in [1.82, 2.24) is 0 Å². The van der Waals surface area contributed by atoms with E-state index in [1.54, 1.807) is 48.5 Å². The van der Waals surface area contributed by atoms with Crippen LogP contribution in [0.25, 0.3) is 0 Å². The second-order valence-corrected chi connectivity index (χ2v) is 8.31. The molecule has 1 N–H and O–H groups in total. The molecule has 0 heterocycles. The molecule has 0 saturated heterocycles. The molecule has 0 fully saturated rings. The van der Waals surface area contributed by atoms with Crippen molar-refractivity contribution >= 4 is 7.82 Å². The minimum absolute atomic E-state index is 0.189. The van der Waals surface area contributed by atoms with Crippen molar-refractivity contribution in [1.29, 1.82) is 0 Å². The number of hydrogen-bond acceptors (Lipinski definition) is 5. The van der Waals surface area contributed by atoms with Gasteiger partial charge in [-0.3, -0.25) is 4.89 Å². The van der Waals surface area contributed by atoms with Gasteiger partial charge in [0.15, 0.2) is 0 Å². The highest BCUT2D eigenvalue weighted by Crippen LogP contribution is 2.45. The third kappa shape index (κ3) is 7.94. The number of phosphoric acid groups is 1. The van der Waals surface area contributed by atoms with Crippen molar-refractivity contribution in [2.24, 2.45) is 11.8 Å². The summed E-state index contributed by atoms with van der Waals surface area (Å²) in [5, 5.41) is 0. The summed E-state index contributed by atoms with van der Waals surface area (Å²) in [6, 6.07) is 13.1. The standard InChI is InChI=1S/C20H27O6P/c1-15(2)13-23-17-7-5-9-19(11-17)25-27(21,22)26-20-10-6-8-18(12-20)24-14-16(3)4/h5-12,15-16H,13-14H2,1-4H3,(H,21,22). The van der Waals surface area contributed by atoms with Crippen LogP contribution in [0.15, 0.2) is 48.5 Å². The molecule has 0 aliphatic heterocycles. The molecule has 148 valence electrons. The Balaban J connectivity index is 2.01. The molecular formula is C20H27O6P. The Morgan fingerprint density at radius 2 is 1.15 bits per heavy atom. The highest BCUT2D eigenvalue weighted by Gasteiger charge is 2.25. The van der Waals surface area contributed by atoms with E-state index in [0.29, 0.717) is 36.5 Å². The van der Waals surface area contributed by atoms with E-state index >= 15 is 0 Å². The van der Waals surface area contributed by atoms with Gasteiger partial charge in [-0.15, -0.1) is 0 Å². The summed E-state index contributed by atoms with van der Waals surface area (Å²) in [6.07, 6.45) is 0. The van der Waals surface area contributed by atoms with Crippen molar-refractivity contribution < 1.29 is 28.0 Å². The molecule has 0 aliphatic rings. The summed E-state index contributed by atoms with van der Waals surface area (Å²) in [4.78, 5) is 10.1. The lowest BCUT2D eigenvalue weighted by Gasteiger charge is -2.16. The molecule has 0 spiro atoms. The largest absolute Gasteiger partial charge is 0.584 e. The van der Waals surface area contributed by atoms with Crippen LogP contribution in [0.2, 0.25) is 0 Å². The third-order valence-corrected chi connectivity index (χ3v) is 4.10. The molecule has 0 radical (unpaired) electrons. The van der Waals surface area contributed by atoms with Gasteiger partial charge < -0.3 is 18.5 Å². The Bertz CT molecular complexity index is 713. The molecule has 2 aromatic rings. The topological polar surface area (TPSA) is 74.2 Å². The van der Waals surface area contributed by atoms with Crippen molar-refractivity contribution in [2.45, 2.75) is 27.7 Å². The van der Waals surface area contributed by atoms with Gasteiger partial charge >= 0.3 is 7.82 Å². The van der Waals surface area contributed by atoms with Gasteiger partial charge in [0.2, 0.25) is 0 Å². The predicted molar refractivity (Wildman–Crippen MR) is 105 cm³/mol. The second kappa shape index (κ2) is 9.67. The summed E-state index contributed by atoms with van der Waals surface area (Å²) in [5.74, 6) is 2.23. The van der Waals surface area contributed by atoms with Crippen LogP contribution in [0.4, 0.5) is 0 Å². The van der Waals surface area contributed by atoms with Gasteiger partial charge in [-0.25, -0.2) is 4.57 Å². The predicted octanol–water partition coefficient (Wildman–Crippen LogP) is 5.31. The zero-order valence-corrected chi connectivity index (χ0v) is 17.0. The molecule has 2 rings (SSSR count). The van der Waals surface area contributed by atoms with Crippen LogP contribution in [0, 0.1) is 11.8 Å². The highest BCUT2D eigenvalue weighted by atomic mass is 31.2. The summed E-state index contributed by atoms with van der Waals surface area (Å²) < 4.78 is 33.8. The molecule has 0 saturated carbocycles. The summed E-state index contributed by atoms with van der Waals surface area (Å²) in [6.45, 7) is 9.23. The maximum absolute atomic E-state index is 12.3. The van der Waals surface area contributed by atoms with Crippen LogP contribution in [-0.2, 0) is 4.57 Å². The second-order valence-electron chi connectivity index (χ2n) is 7.01. The van der Waals surface area contributed by atoms with Gasteiger partial charge in [-0.1, -0.05) is 39.8 Å². The molecule has 0 aromatic heterocycles. The zero-order chi connectivity index (χ0) is 19.9. The number of ether oxygens (including phenoxy) is 2. The molecule has 0 bridgehead atoms. The number of benzene rings is 2. The van der Waals surface area contributed by atoms with E-state index < -0.39 is 7.82 Å². The van der Waals surface area contributed by atoms with Crippen LogP contribution in [0.3, 0.4) is 0 Å². The molecule has 2 aromatic carbocycles. The Kier molecular flexibility index (Phi) is 7.57. The first-order valence-electron chi connectivity index (χ1n) is 8.91. The van der Waals surface area contributed by atoms with Crippen LogP contribution in [0.1, 0.15) is 27.7 Å². The molecule has 6 nitrogen and oxygen atoms in total. The molecule has 7 heteroatoms. The lowest BCUT2D eigenvalue weighted by Crippen LogP contribution is -2.05. The minimum Gasteiger partial charge on any atom is -0.493 e. The normalized spacial score (nSPS) is 11.5. The van der Waals surface area contributed by atoms with E-state index in [-0.39, 0.29) is 11.5 Å². The number of rotatable bonds is 10. The molecule has 27 heavy (non-hydrogen) atoms. The van der Waals surface area contributed by atoms with Crippen LogP contribution in [-0.4, -0.2) is 18.1 Å². The molecular weight excluding hydrogens is 367 g/mol. The maximum atomic E-state index is 12.3. The molecule has 0 unspecified atom stereocenters. The number of hydrogen-bond donors (Lipinski definition) is 1. The third-order valence-electron chi connectivity index (χ3n) is 3.22. The maximum Gasteiger partial charge on any atom is 0.584 e. The molecule has 0 amide bonds. The Morgan fingerprint density at radius 1 is 0.778 bits per heavy atom. The fraction of sp³-hybridized carbons (Fsp3) is 0.400. The van der Waals surface area contributed by atoms with Gasteiger partial charge in [0.1, 0.15) is 23.0 Å². The van der Waals surface area contributed by atoms with E-state index in [2.05, 4.69) is 0 Å². The van der Waals surface area contributed by atoms with Crippen LogP contribution < -0.4 is 18.5 Å². The fourth-order valence-electron chi connectivity index (χ4n) is 2.05. The first-order chi connectivity index (χ1) is 12.7. The highest BCUT2D eigenvalue weighted by molar-refractivity contribution is 7.48. The summed E-state index contributed by atoms with van der Waals surface area (Å²) in [5.41, 5.74) is 0. The van der Waals surface area contributed by atoms with E-state index in [9.17, 15) is 9.46 Å². The van der Waals surface area contributed by atoms with Crippen molar-refractivity contribution in [2.75, 3.05) is 13.2 Å². The SMILES string of the molecule is CC(C)COc1cccc(OP(=O)(O)Oc2cccc(OCC(C)C)c2)c1. The van der Waals surface area contributed by atoms with E-state index in [0.717, 1.165) is 0 Å².